The van der Waals surface area contributed by atoms with Crippen LogP contribution in [0.25, 0.3) is 0 Å². The summed E-state index contributed by atoms with van der Waals surface area (Å²) in [6.45, 7) is 6.10. The van der Waals surface area contributed by atoms with E-state index in [4.69, 9.17) is 4.74 Å². The lowest BCUT2D eigenvalue weighted by Crippen LogP contribution is -2.30. The van der Waals surface area contributed by atoms with E-state index in [-0.39, 0.29) is 23.7 Å². The number of ether oxygens (including phenoxy) is 1. The van der Waals surface area contributed by atoms with Crippen LogP contribution >= 0.6 is 0 Å². The first kappa shape index (κ1) is 16.4. The van der Waals surface area contributed by atoms with E-state index in [9.17, 15) is 14.4 Å². The highest BCUT2D eigenvalue weighted by molar-refractivity contribution is 6.22. The normalized spacial score (nSPS) is 23.5. The third-order valence-corrected chi connectivity index (χ3v) is 4.98. The zero-order valence-corrected chi connectivity index (χ0v) is 14.2. The van der Waals surface area contributed by atoms with Gasteiger partial charge in [-0.1, -0.05) is 11.1 Å². The number of carbonyl (C=O) groups excluding carboxylic acids is 3. The number of anilines is 1. The van der Waals surface area contributed by atoms with Crippen molar-refractivity contribution in [2.75, 3.05) is 11.5 Å². The Morgan fingerprint density at radius 3 is 2.00 bits per heavy atom. The Balaban J connectivity index is 1.85. The molecule has 1 saturated heterocycles. The predicted octanol–water partition coefficient (Wildman–Crippen LogP) is 3.10. The van der Waals surface area contributed by atoms with Crippen LogP contribution in [0.3, 0.4) is 0 Å². The van der Waals surface area contributed by atoms with Crippen LogP contribution in [0.2, 0.25) is 0 Å². The van der Waals surface area contributed by atoms with Gasteiger partial charge < -0.3 is 4.74 Å². The molecule has 1 fully saturated rings. The summed E-state index contributed by atoms with van der Waals surface area (Å²) in [4.78, 5) is 38.4. The van der Waals surface area contributed by atoms with E-state index in [1.54, 1.807) is 31.2 Å². The minimum Gasteiger partial charge on any atom is -0.462 e. The maximum absolute atomic E-state index is 12.7. The second kappa shape index (κ2) is 6.23. The second-order valence-electron chi connectivity index (χ2n) is 6.46. The van der Waals surface area contributed by atoms with Gasteiger partial charge in [0, 0.05) is 0 Å². The third-order valence-electron chi connectivity index (χ3n) is 4.98. The average molecular weight is 327 g/mol. The fourth-order valence-electron chi connectivity index (χ4n) is 3.47. The number of allylic oxidation sites excluding steroid dienone is 2. The standard InChI is InChI=1S/C19H21NO4/c1-4-24-19(23)13-5-7-14(8-6-13)20-17(21)15-9-11(2)12(3)10-16(15)18(20)22/h5-8,15-16H,4,9-10H2,1-3H3. The summed E-state index contributed by atoms with van der Waals surface area (Å²) in [6.07, 6.45) is 1.30. The number of fused-ring (bicyclic) bond motifs is 1. The molecule has 2 atom stereocenters. The maximum Gasteiger partial charge on any atom is 0.338 e. The van der Waals surface area contributed by atoms with Gasteiger partial charge in [-0.25, -0.2) is 4.79 Å². The molecule has 126 valence electrons. The van der Waals surface area contributed by atoms with Crippen LogP contribution in [0.5, 0.6) is 0 Å². The van der Waals surface area contributed by atoms with Crippen molar-refractivity contribution in [1.29, 1.82) is 0 Å². The summed E-state index contributed by atoms with van der Waals surface area (Å²) in [6, 6.07) is 6.44. The first-order chi connectivity index (χ1) is 11.4. The van der Waals surface area contributed by atoms with E-state index in [2.05, 4.69) is 0 Å². The largest absolute Gasteiger partial charge is 0.462 e. The zero-order chi connectivity index (χ0) is 17.4. The number of carbonyl (C=O) groups is 3. The molecule has 1 aromatic carbocycles. The molecule has 2 unspecified atom stereocenters. The van der Waals surface area contributed by atoms with E-state index < -0.39 is 5.97 Å². The summed E-state index contributed by atoms with van der Waals surface area (Å²) in [7, 11) is 0. The number of rotatable bonds is 3. The summed E-state index contributed by atoms with van der Waals surface area (Å²) >= 11 is 0. The maximum atomic E-state index is 12.7. The Morgan fingerprint density at radius 2 is 1.54 bits per heavy atom. The Hall–Kier alpha value is -2.43. The molecule has 0 spiro atoms. The molecule has 1 aliphatic carbocycles. The van der Waals surface area contributed by atoms with Crippen LogP contribution in [0, 0.1) is 11.8 Å². The van der Waals surface area contributed by atoms with Crippen molar-refractivity contribution in [3.8, 4) is 0 Å². The number of imide groups is 1. The zero-order valence-electron chi connectivity index (χ0n) is 14.2. The Kier molecular flexibility index (Phi) is 4.26. The lowest BCUT2D eigenvalue weighted by atomic mass is 9.78. The molecule has 5 heteroatoms. The van der Waals surface area contributed by atoms with Gasteiger partial charge in [0.25, 0.3) is 0 Å². The highest BCUT2D eigenvalue weighted by Crippen LogP contribution is 2.42. The molecule has 0 aromatic heterocycles. The number of benzene rings is 1. The fraction of sp³-hybridized carbons (Fsp3) is 0.421. The summed E-state index contributed by atoms with van der Waals surface area (Å²) < 4.78 is 4.94. The highest BCUT2D eigenvalue weighted by atomic mass is 16.5. The average Bonchev–Trinajstić information content (AvgIpc) is 2.79. The van der Waals surface area contributed by atoms with Gasteiger partial charge in [0.15, 0.2) is 0 Å². The van der Waals surface area contributed by atoms with Crippen molar-refractivity contribution in [3.63, 3.8) is 0 Å². The van der Waals surface area contributed by atoms with Crippen LogP contribution < -0.4 is 4.90 Å². The molecule has 0 bridgehead atoms. The van der Waals surface area contributed by atoms with E-state index in [1.165, 1.54) is 16.0 Å². The molecule has 2 aliphatic rings. The first-order valence-corrected chi connectivity index (χ1v) is 8.24. The minimum absolute atomic E-state index is 0.138. The van der Waals surface area contributed by atoms with Gasteiger partial charge in [-0.2, -0.15) is 0 Å². The van der Waals surface area contributed by atoms with E-state index in [0.29, 0.717) is 30.7 Å². The second-order valence-corrected chi connectivity index (χ2v) is 6.46. The SMILES string of the molecule is CCOC(=O)c1ccc(N2C(=O)C3CC(C)=C(C)CC3C2=O)cc1. The number of hydrogen-bond donors (Lipinski definition) is 0. The molecule has 1 heterocycles. The topological polar surface area (TPSA) is 63.7 Å². The van der Waals surface area contributed by atoms with Crippen molar-refractivity contribution >= 4 is 23.5 Å². The molecular weight excluding hydrogens is 306 g/mol. The van der Waals surface area contributed by atoms with Gasteiger partial charge in [0.2, 0.25) is 11.8 Å². The Morgan fingerprint density at radius 1 is 1.04 bits per heavy atom. The number of esters is 1. The molecule has 2 amide bonds. The third kappa shape index (κ3) is 2.64. The van der Waals surface area contributed by atoms with Crippen LogP contribution in [-0.2, 0) is 14.3 Å². The van der Waals surface area contributed by atoms with Crippen molar-refractivity contribution in [3.05, 3.63) is 41.0 Å². The molecule has 0 N–H and O–H groups in total. The molecule has 5 nitrogen and oxygen atoms in total. The predicted molar refractivity (Wildman–Crippen MR) is 89.5 cm³/mol. The lowest BCUT2D eigenvalue weighted by molar-refractivity contribution is -0.122. The van der Waals surface area contributed by atoms with Crippen LogP contribution in [0.4, 0.5) is 5.69 Å². The van der Waals surface area contributed by atoms with Crippen LogP contribution in [0.15, 0.2) is 35.4 Å². The van der Waals surface area contributed by atoms with E-state index in [0.717, 1.165) is 0 Å². The van der Waals surface area contributed by atoms with Gasteiger partial charge in [0.1, 0.15) is 0 Å². The lowest BCUT2D eigenvalue weighted by Gasteiger charge is -2.23. The van der Waals surface area contributed by atoms with E-state index >= 15 is 0 Å². The Bertz CT molecular complexity index is 700. The monoisotopic (exact) mass is 327 g/mol. The smallest absolute Gasteiger partial charge is 0.338 e. The summed E-state index contributed by atoms with van der Waals surface area (Å²) in [5, 5.41) is 0. The molecule has 0 radical (unpaired) electrons. The van der Waals surface area contributed by atoms with E-state index in [1.807, 2.05) is 13.8 Å². The summed E-state index contributed by atoms with van der Waals surface area (Å²) in [5.74, 6) is -1.20. The molecule has 0 saturated carbocycles. The number of nitrogens with zero attached hydrogens (tertiary/aromatic N) is 1. The summed E-state index contributed by atoms with van der Waals surface area (Å²) in [5.41, 5.74) is 3.34. The molecule has 1 aliphatic heterocycles. The molecule has 24 heavy (non-hydrogen) atoms. The molecular formula is C19H21NO4. The number of hydrogen-bond acceptors (Lipinski definition) is 4. The molecule has 1 aromatic rings. The first-order valence-electron chi connectivity index (χ1n) is 8.24. The van der Waals surface area contributed by atoms with Crippen LogP contribution in [0.1, 0.15) is 44.0 Å². The number of amides is 2. The quantitative estimate of drug-likeness (QED) is 0.486. The molecule has 3 rings (SSSR count). The van der Waals surface area contributed by atoms with Crippen molar-refractivity contribution in [2.24, 2.45) is 11.8 Å². The highest BCUT2D eigenvalue weighted by Gasteiger charge is 2.49. The van der Waals surface area contributed by atoms with Crippen molar-refractivity contribution in [1.82, 2.24) is 0 Å². The van der Waals surface area contributed by atoms with Gasteiger partial charge in [-0.15, -0.1) is 0 Å². The fourth-order valence-corrected chi connectivity index (χ4v) is 3.47. The van der Waals surface area contributed by atoms with Gasteiger partial charge in [-0.3, -0.25) is 14.5 Å². The van der Waals surface area contributed by atoms with Gasteiger partial charge >= 0.3 is 5.97 Å². The van der Waals surface area contributed by atoms with Gasteiger partial charge in [0.05, 0.1) is 29.7 Å². The van der Waals surface area contributed by atoms with Crippen LogP contribution in [-0.4, -0.2) is 24.4 Å². The van der Waals surface area contributed by atoms with Crippen molar-refractivity contribution < 1.29 is 19.1 Å². The Labute approximate surface area is 141 Å². The van der Waals surface area contributed by atoms with Gasteiger partial charge in [-0.05, 0) is 57.9 Å². The van der Waals surface area contributed by atoms with Crippen molar-refractivity contribution in [2.45, 2.75) is 33.6 Å². The minimum atomic E-state index is -0.410.